The minimum atomic E-state index is -0.860. The average Bonchev–Trinajstić information content (AvgIpc) is 3.52. The number of aliphatic hydroxyl groups is 2. The van der Waals surface area contributed by atoms with E-state index in [0.717, 1.165) is 47.2 Å². The van der Waals surface area contributed by atoms with E-state index in [2.05, 4.69) is 37.4 Å². The Morgan fingerprint density at radius 3 is 2.82 bits per heavy atom. The predicted octanol–water partition coefficient (Wildman–Crippen LogP) is 2.69. The lowest BCUT2D eigenvalue weighted by Crippen LogP contribution is -2.29. The van der Waals surface area contributed by atoms with E-state index in [1.807, 2.05) is 29.1 Å². The van der Waals surface area contributed by atoms with Crippen molar-refractivity contribution >= 4 is 33.7 Å². The number of hydrogen-bond donors (Lipinski definition) is 4. The molecule has 2 aliphatic rings. The number of benzene rings is 1. The number of hydrogen-bond acceptors (Lipinski definition) is 8. The molecule has 0 radical (unpaired) electrons. The molecular weight excluding hydrogens is 430 g/mol. The zero-order valence-electron chi connectivity index (χ0n) is 18.9. The number of aliphatic hydroxyl groups excluding tert-OH is 2. The van der Waals surface area contributed by atoms with Crippen LogP contribution in [0.15, 0.2) is 43.0 Å². The van der Waals surface area contributed by atoms with Gasteiger partial charge in [0.1, 0.15) is 23.9 Å². The highest BCUT2D eigenvalue weighted by atomic mass is 16.3. The van der Waals surface area contributed by atoms with E-state index in [4.69, 9.17) is 5.73 Å². The second kappa shape index (κ2) is 8.48. The van der Waals surface area contributed by atoms with E-state index in [-0.39, 0.29) is 12.0 Å². The topological polar surface area (TPSA) is 135 Å². The van der Waals surface area contributed by atoms with Gasteiger partial charge in [-0.3, -0.25) is 0 Å². The number of anilines is 2. The number of aromatic nitrogens is 5. The lowest BCUT2D eigenvalue weighted by atomic mass is 9.95. The molecule has 2 saturated carbocycles. The summed E-state index contributed by atoms with van der Waals surface area (Å²) in [4.78, 5) is 17.5. The zero-order chi connectivity index (χ0) is 23.2. The van der Waals surface area contributed by atoms with Crippen LogP contribution in [0.25, 0.3) is 21.9 Å². The third kappa shape index (κ3) is 3.95. The van der Waals surface area contributed by atoms with Crippen LogP contribution in [0.4, 0.5) is 11.8 Å². The van der Waals surface area contributed by atoms with E-state index >= 15 is 0 Å². The summed E-state index contributed by atoms with van der Waals surface area (Å²) in [5.74, 6) is 1.84. The Morgan fingerprint density at radius 1 is 1.09 bits per heavy atom. The van der Waals surface area contributed by atoms with Gasteiger partial charge in [-0.15, -0.1) is 0 Å². The standard InChI is InChI=1S/C25H29N7O2/c26-23-18-7-8-32(24(18)30-13-29-23)20-10-16(21(33)22(20)34)5-3-14-4-6-17-12-28-25(31-19(17)9-14)27-11-15-1-2-15/h4,6-9,12-13,15-16,20-22,33-34H,1-3,5,10-11H2,(H2,26,29,30)(H,27,28,31)/t16-,20+,21+,22-/m0/s1. The molecule has 3 aromatic heterocycles. The SMILES string of the molecule is Nc1ncnc2c1ccn2[C@@H]1C[C@H](CCc2ccc3cnc(NCC4CC4)nc3c2)[C@@H](O)[C@H]1O. The summed E-state index contributed by atoms with van der Waals surface area (Å²) in [5, 5.41) is 26.7. The highest BCUT2D eigenvalue weighted by molar-refractivity contribution is 5.86. The van der Waals surface area contributed by atoms with Gasteiger partial charge in [0.15, 0.2) is 0 Å². The fraction of sp³-hybridized carbons (Fsp3) is 0.440. The smallest absolute Gasteiger partial charge is 0.223 e. The number of nitrogens with two attached hydrogens (primary N) is 1. The van der Waals surface area contributed by atoms with Gasteiger partial charge in [-0.25, -0.2) is 19.9 Å². The Morgan fingerprint density at radius 2 is 1.97 bits per heavy atom. The molecular formula is C25H29N7O2. The second-order valence-corrected chi connectivity index (χ2v) is 9.71. The molecule has 0 bridgehead atoms. The van der Waals surface area contributed by atoms with Crippen molar-refractivity contribution in [1.82, 2.24) is 24.5 Å². The molecule has 6 rings (SSSR count). The number of rotatable bonds is 7. The Kier molecular flexibility index (Phi) is 5.30. The van der Waals surface area contributed by atoms with Crippen molar-refractivity contribution < 1.29 is 10.2 Å². The Hall–Kier alpha value is -3.30. The summed E-state index contributed by atoms with van der Waals surface area (Å²) in [6.45, 7) is 0.934. The maximum Gasteiger partial charge on any atom is 0.223 e. The number of nitrogens with zero attached hydrogens (tertiary/aromatic N) is 5. The third-order valence-corrected chi connectivity index (χ3v) is 7.37. The van der Waals surface area contributed by atoms with Gasteiger partial charge in [-0.2, -0.15) is 0 Å². The molecule has 5 N–H and O–H groups in total. The molecule has 0 amide bonds. The van der Waals surface area contributed by atoms with Crippen molar-refractivity contribution in [2.24, 2.45) is 11.8 Å². The van der Waals surface area contributed by atoms with Gasteiger partial charge in [-0.05, 0) is 61.6 Å². The molecule has 2 aliphatic carbocycles. The normalized spacial score (nSPS) is 24.8. The van der Waals surface area contributed by atoms with Crippen LogP contribution in [-0.4, -0.2) is 53.5 Å². The first-order valence-electron chi connectivity index (χ1n) is 12.0. The molecule has 9 heteroatoms. The van der Waals surface area contributed by atoms with Gasteiger partial charge in [0.25, 0.3) is 0 Å². The predicted molar refractivity (Wildman–Crippen MR) is 130 cm³/mol. The maximum atomic E-state index is 10.8. The molecule has 176 valence electrons. The summed E-state index contributed by atoms with van der Waals surface area (Å²) in [7, 11) is 0. The average molecular weight is 460 g/mol. The molecule has 2 fully saturated rings. The highest BCUT2D eigenvalue weighted by Gasteiger charge is 2.42. The minimum absolute atomic E-state index is 0.0199. The largest absolute Gasteiger partial charge is 0.390 e. The molecule has 0 aliphatic heterocycles. The van der Waals surface area contributed by atoms with Crippen LogP contribution in [0.2, 0.25) is 0 Å². The Balaban J connectivity index is 1.15. The van der Waals surface area contributed by atoms with Crippen molar-refractivity contribution in [3.8, 4) is 0 Å². The van der Waals surface area contributed by atoms with E-state index in [0.29, 0.717) is 23.8 Å². The van der Waals surface area contributed by atoms with Crippen LogP contribution in [0.3, 0.4) is 0 Å². The van der Waals surface area contributed by atoms with Gasteiger partial charge in [0.2, 0.25) is 5.95 Å². The molecule has 0 saturated heterocycles. The summed E-state index contributed by atoms with van der Waals surface area (Å²) >= 11 is 0. The molecule has 34 heavy (non-hydrogen) atoms. The van der Waals surface area contributed by atoms with Gasteiger partial charge in [-0.1, -0.05) is 12.1 Å². The molecule has 3 heterocycles. The minimum Gasteiger partial charge on any atom is -0.390 e. The summed E-state index contributed by atoms with van der Waals surface area (Å²) in [5.41, 5.74) is 8.73. The van der Waals surface area contributed by atoms with Crippen molar-refractivity contribution in [2.75, 3.05) is 17.6 Å². The molecule has 4 atom stereocenters. The molecule has 9 nitrogen and oxygen atoms in total. The Labute approximate surface area is 197 Å². The van der Waals surface area contributed by atoms with E-state index in [9.17, 15) is 10.2 Å². The Bertz CT molecular complexity index is 1340. The van der Waals surface area contributed by atoms with Crippen molar-refractivity contribution in [2.45, 2.75) is 50.4 Å². The first-order valence-corrected chi connectivity index (χ1v) is 12.0. The van der Waals surface area contributed by atoms with Gasteiger partial charge < -0.3 is 25.8 Å². The van der Waals surface area contributed by atoms with Crippen LogP contribution in [-0.2, 0) is 6.42 Å². The van der Waals surface area contributed by atoms with E-state index in [1.54, 1.807) is 0 Å². The first kappa shape index (κ1) is 21.2. The number of nitrogen functional groups attached to an aromatic ring is 1. The van der Waals surface area contributed by atoms with Crippen LogP contribution in [0.5, 0.6) is 0 Å². The van der Waals surface area contributed by atoms with Gasteiger partial charge >= 0.3 is 0 Å². The second-order valence-electron chi connectivity index (χ2n) is 9.71. The molecule has 0 unspecified atom stereocenters. The van der Waals surface area contributed by atoms with Gasteiger partial charge in [0.05, 0.1) is 23.0 Å². The third-order valence-electron chi connectivity index (χ3n) is 7.37. The highest BCUT2D eigenvalue weighted by Crippen LogP contribution is 2.39. The molecule has 1 aromatic carbocycles. The zero-order valence-corrected chi connectivity index (χ0v) is 18.9. The monoisotopic (exact) mass is 459 g/mol. The molecule has 4 aromatic rings. The number of fused-ring (bicyclic) bond motifs is 2. The number of nitrogens with one attached hydrogen (secondary N) is 1. The van der Waals surface area contributed by atoms with E-state index < -0.39 is 12.2 Å². The lowest BCUT2D eigenvalue weighted by Gasteiger charge is -2.19. The van der Waals surface area contributed by atoms with Crippen molar-refractivity contribution in [1.29, 1.82) is 0 Å². The van der Waals surface area contributed by atoms with Crippen LogP contribution in [0, 0.1) is 11.8 Å². The summed E-state index contributed by atoms with van der Waals surface area (Å²) in [6.07, 6.45) is 8.33. The van der Waals surface area contributed by atoms with Crippen molar-refractivity contribution in [3.63, 3.8) is 0 Å². The van der Waals surface area contributed by atoms with Crippen LogP contribution >= 0.6 is 0 Å². The lowest BCUT2D eigenvalue weighted by molar-refractivity contribution is 0.00545. The van der Waals surface area contributed by atoms with Crippen LogP contribution in [0.1, 0.15) is 37.3 Å². The fourth-order valence-corrected chi connectivity index (χ4v) is 5.14. The first-order chi connectivity index (χ1) is 16.6. The number of aryl methyl sites for hydroxylation is 1. The van der Waals surface area contributed by atoms with Crippen LogP contribution < -0.4 is 11.1 Å². The maximum absolute atomic E-state index is 10.8. The fourth-order valence-electron chi connectivity index (χ4n) is 5.14. The van der Waals surface area contributed by atoms with E-state index in [1.165, 1.54) is 19.2 Å². The quantitative estimate of drug-likeness (QED) is 0.331. The summed E-state index contributed by atoms with van der Waals surface area (Å²) < 4.78 is 1.92. The summed E-state index contributed by atoms with van der Waals surface area (Å²) in [6, 6.07) is 7.86. The van der Waals surface area contributed by atoms with Gasteiger partial charge in [0, 0.05) is 24.3 Å². The molecule has 0 spiro atoms. The van der Waals surface area contributed by atoms with Crippen molar-refractivity contribution in [3.05, 3.63) is 48.5 Å².